The average Bonchev–Trinajstić information content (AvgIpc) is 3.94. The van der Waals surface area contributed by atoms with Crippen molar-refractivity contribution in [1.82, 2.24) is 49.3 Å². The van der Waals surface area contributed by atoms with E-state index in [1.807, 2.05) is 96.3 Å². The van der Waals surface area contributed by atoms with Crippen molar-refractivity contribution in [2.75, 3.05) is 87.3 Å². The minimum Gasteiger partial charge on any atom is -0.398 e. The molecule has 10 rings (SSSR count). The molecule has 0 saturated carbocycles. The highest BCUT2D eigenvalue weighted by Gasteiger charge is 2.26. The van der Waals surface area contributed by atoms with Crippen LogP contribution in [-0.2, 0) is 14.1 Å². The first kappa shape index (κ1) is 49.1. The van der Waals surface area contributed by atoms with Gasteiger partial charge in [-0.25, -0.2) is 19.9 Å². The van der Waals surface area contributed by atoms with Crippen molar-refractivity contribution in [1.29, 1.82) is 0 Å². The molecule has 20 nitrogen and oxygen atoms in total. The van der Waals surface area contributed by atoms with Crippen LogP contribution in [0.3, 0.4) is 0 Å². The topological polar surface area (TPSA) is 224 Å². The van der Waals surface area contributed by atoms with E-state index in [0.29, 0.717) is 33.7 Å². The molecule has 0 aliphatic carbocycles. The third-order valence-corrected chi connectivity index (χ3v) is 12.7. The Morgan fingerprint density at radius 2 is 1.10 bits per heavy atom. The van der Waals surface area contributed by atoms with Gasteiger partial charge in [0.15, 0.2) is 0 Å². The van der Waals surface area contributed by atoms with Crippen LogP contribution in [0.4, 0.5) is 39.9 Å². The summed E-state index contributed by atoms with van der Waals surface area (Å²) in [7, 11) is 7.92. The van der Waals surface area contributed by atoms with E-state index in [1.165, 1.54) is 18.7 Å². The molecule has 71 heavy (non-hydrogen) atoms. The lowest BCUT2D eigenvalue weighted by atomic mass is 10.1. The third-order valence-electron chi connectivity index (χ3n) is 12.5. The van der Waals surface area contributed by atoms with E-state index in [-0.39, 0.29) is 21.2 Å². The summed E-state index contributed by atoms with van der Waals surface area (Å²) in [5, 5.41) is 37.4. The number of halogens is 1. The molecule has 2 aliphatic heterocycles. The van der Waals surface area contributed by atoms with Crippen molar-refractivity contribution >= 4 is 85.5 Å². The molecule has 8 aromatic rings. The fraction of sp³-hybridized carbons (Fsp3) is 0.240. The van der Waals surface area contributed by atoms with Crippen molar-refractivity contribution in [3.63, 3.8) is 0 Å². The van der Waals surface area contributed by atoms with Gasteiger partial charge in [0.25, 0.3) is 11.4 Å². The lowest BCUT2D eigenvalue weighted by Gasteiger charge is -2.34. The molecule has 2 saturated heterocycles. The van der Waals surface area contributed by atoms with Crippen molar-refractivity contribution in [3.8, 4) is 22.5 Å². The Hall–Kier alpha value is -8.33. The van der Waals surface area contributed by atoms with Crippen LogP contribution >= 0.6 is 11.6 Å². The fourth-order valence-corrected chi connectivity index (χ4v) is 8.56. The van der Waals surface area contributed by atoms with Gasteiger partial charge in [-0.05, 0) is 61.6 Å². The number of likely N-dealkylation sites (N-methyl/N-ethyl adjacent to an activating group) is 2. The summed E-state index contributed by atoms with van der Waals surface area (Å²) in [6.07, 6.45) is 9.91. The highest BCUT2D eigenvalue weighted by molar-refractivity contribution is 6.29. The van der Waals surface area contributed by atoms with Gasteiger partial charge in [-0.1, -0.05) is 49.0 Å². The second kappa shape index (κ2) is 21.5. The summed E-state index contributed by atoms with van der Waals surface area (Å²) in [6.45, 7) is 14.1. The van der Waals surface area contributed by atoms with E-state index in [9.17, 15) is 20.2 Å². The smallest absolute Gasteiger partial charge is 0.294 e. The van der Waals surface area contributed by atoms with Crippen LogP contribution in [0.25, 0.3) is 56.5 Å². The number of nitro groups is 2. The molecule has 0 bridgehead atoms. The first-order valence-corrected chi connectivity index (χ1v) is 23.0. The molecule has 3 N–H and O–H groups in total. The molecule has 0 unspecified atom stereocenters. The number of hydrogen-bond acceptors (Lipinski definition) is 16. The largest absolute Gasteiger partial charge is 0.398 e. The molecule has 4 aromatic heterocycles. The van der Waals surface area contributed by atoms with Crippen LogP contribution in [0.2, 0.25) is 5.15 Å². The zero-order chi connectivity index (χ0) is 50.3. The van der Waals surface area contributed by atoms with Gasteiger partial charge in [0.1, 0.15) is 35.0 Å². The van der Waals surface area contributed by atoms with Crippen LogP contribution in [0.15, 0.2) is 111 Å². The lowest BCUT2D eigenvalue weighted by Crippen LogP contribution is -2.44. The number of aromatic nitrogens is 8. The second-order valence-corrected chi connectivity index (χ2v) is 17.5. The van der Waals surface area contributed by atoms with Gasteiger partial charge in [0.2, 0.25) is 0 Å². The van der Waals surface area contributed by atoms with Crippen LogP contribution in [0.5, 0.6) is 0 Å². The molecule has 0 atom stereocenters. The number of fused-ring (bicyclic) bond motifs is 2. The molecule has 21 heteroatoms. The quantitative estimate of drug-likeness (QED) is 0.0568. The van der Waals surface area contributed by atoms with E-state index in [0.717, 1.165) is 108 Å². The summed E-state index contributed by atoms with van der Waals surface area (Å²) in [5.41, 5.74) is 15.2. The highest BCUT2D eigenvalue weighted by Crippen LogP contribution is 2.37. The molecule has 0 spiro atoms. The number of nitro benzene ring substituents is 2. The van der Waals surface area contributed by atoms with Gasteiger partial charge in [0, 0.05) is 118 Å². The van der Waals surface area contributed by atoms with E-state index in [2.05, 4.69) is 70.4 Å². The number of nitrogen functional groups attached to an aromatic ring is 1. The van der Waals surface area contributed by atoms with Crippen molar-refractivity contribution < 1.29 is 9.85 Å². The Labute approximate surface area is 414 Å². The number of nitrogens with zero attached hydrogens (tertiary/aromatic N) is 14. The molecule has 2 fully saturated rings. The Morgan fingerprint density at radius 1 is 0.620 bits per heavy atom. The number of hydrogen-bond donors (Lipinski definition) is 2. The highest BCUT2D eigenvalue weighted by atomic mass is 35.5. The van der Waals surface area contributed by atoms with Crippen LogP contribution in [0, 0.1) is 20.2 Å². The Morgan fingerprint density at radius 3 is 1.59 bits per heavy atom. The third kappa shape index (κ3) is 11.3. The molecular weight excluding hydrogens is 924 g/mol. The van der Waals surface area contributed by atoms with E-state index in [4.69, 9.17) is 17.3 Å². The number of anilines is 5. The van der Waals surface area contributed by atoms with Gasteiger partial charge in [-0.3, -0.25) is 29.6 Å². The minimum absolute atomic E-state index is 0.0546. The predicted octanol–water partition coefficient (Wildman–Crippen LogP) is 8.33. The summed E-state index contributed by atoms with van der Waals surface area (Å²) in [5.74, 6) is 0.533. The summed E-state index contributed by atoms with van der Waals surface area (Å²) in [4.78, 5) is 47.8. The molecule has 2 aliphatic rings. The van der Waals surface area contributed by atoms with Crippen molar-refractivity contribution in [3.05, 3.63) is 148 Å². The molecule has 6 heterocycles. The molecule has 364 valence electrons. The van der Waals surface area contributed by atoms with Gasteiger partial charge >= 0.3 is 0 Å². The SMILES string of the molecule is C=Cc1cc(N2CCN(C)CC2)c([N+](=O)[O-])cc1N.C=Cc1cc(N2CCN(C)CC2)c([N+](=O)[O-])cc1Nc1cc(-c2ccc3c(cnn3C)c2)ncn1.Cn1ncc2cc(-c3cc(Cl)ncn3)ccc21. The van der Waals surface area contributed by atoms with Gasteiger partial charge < -0.3 is 30.7 Å². The number of benzene rings is 4. The first-order chi connectivity index (χ1) is 34.2. The molecule has 4 aromatic carbocycles. The van der Waals surface area contributed by atoms with E-state index >= 15 is 0 Å². The van der Waals surface area contributed by atoms with E-state index < -0.39 is 0 Å². The number of nitrogens with two attached hydrogens (primary N) is 1. The maximum Gasteiger partial charge on any atom is 0.294 e. The number of nitrogens with one attached hydrogen (secondary N) is 1. The normalized spacial score (nSPS) is 14.0. The van der Waals surface area contributed by atoms with Gasteiger partial charge in [0.05, 0.1) is 50.3 Å². The number of piperazine rings is 2. The Bertz CT molecular complexity index is 3270. The zero-order valence-corrected chi connectivity index (χ0v) is 40.6. The number of rotatable bonds is 10. The maximum atomic E-state index is 12.0. The zero-order valence-electron chi connectivity index (χ0n) is 39.8. The van der Waals surface area contributed by atoms with Crippen molar-refractivity contribution in [2.24, 2.45) is 14.1 Å². The Kier molecular flexibility index (Phi) is 14.9. The first-order valence-electron chi connectivity index (χ1n) is 22.6. The van der Waals surface area contributed by atoms with Crippen LogP contribution in [0.1, 0.15) is 11.1 Å². The second-order valence-electron chi connectivity index (χ2n) is 17.1. The minimum atomic E-state index is -0.378. The van der Waals surface area contributed by atoms with Crippen LogP contribution in [-0.4, -0.2) is 126 Å². The molecule has 0 amide bonds. The average molecular weight is 978 g/mol. The fourth-order valence-electron chi connectivity index (χ4n) is 8.41. The maximum absolute atomic E-state index is 12.0. The number of aryl methyl sites for hydroxylation is 2. The van der Waals surface area contributed by atoms with Gasteiger partial charge in [-0.15, -0.1) is 0 Å². The Balaban J connectivity index is 0.000000158. The monoisotopic (exact) mass is 976 g/mol. The summed E-state index contributed by atoms with van der Waals surface area (Å²) < 4.78 is 3.66. The molecule has 0 radical (unpaired) electrons. The standard InChI is InChI=1S/C25H26N8O2.C13H18N4O2.C12H9ClN4/c1-4-17-12-23(32-9-7-30(2)8-10-32)24(33(34)35)13-21(17)29-25-14-20(26-16-27-25)18-5-6-22-19(11-18)15-28-31(22)3;1-3-10-8-12(13(17(18)19)9-11(10)14)16-6-4-15(2)5-7-16;1-17-11-3-2-8(4-9(11)6-16-17)10-5-12(13)15-7-14-10/h4-6,11-16H,1,7-10H2,2-3H3,(H,26,27,29);3,8-9H,1,4-7,14H2,2H3;2-7H,1H3. The van der Waals surface area contributed by atoms with Crippen LogP contribution < -0.4 is 20.9 Å². The van der Waals surface area contributed by atoms with Crippen molar-refractivity contribution in [2.45, 2.75) is 0 Å². The summed E-state index contributed by atoms with van der Waals surface area (Å²) in [6, 6.07) is 22.2. The van der Waals surface area contributed by atoms with E-state index in [1.54, 1.807) is 30.4 Å². The lowest BCUT2D eigenvalue weighted by molar-refractivity contribution is -0.384. The molecular formula is C50H53ClN16O4. The van der Waals surface area contributed by atoms with Gasteiger partial charge in [-0.2, -0.15) is 10.2 Å². The summed E-state index contributed by atoms with van der Waals surface area (Å²) >= 11 is 5.85. The predicted molar refractivity (Wildman–Crippen MR) is 282 cm³/mol.